The lowest BCUT2D eigenvalue weighted by Crippen LogP contribution is -2.25. The van der Waals surface area contributed by atoms with Gasteiger partial charge >= 0.3 is 5.97 Å². The predicted molar refractivity (Wildman–Crippen MR) is 132 cm³/mol. The zero-order chi connectivity index (χ0) is 24.6. The molecular formula is C27H32N2O4. The number of pyridine rings is 1. The summed E-state index contributed by atoms with van der Waals surface area (Å²) in [5, 5.41) is 3.35. The Labute approximate surface area is 194 Å². The second-order valence-electron chi connectivity index (χ2n) is 10.3. The Balaban J connectivity index is 2.14. The van der Waals surface area contributed by atoms with Crippen molar-refractivity contribution in [3.05, 3.63) is 69.5 Å². The molecule has 0 fully saturated rings. The van der Waals surface area contributed by atoms with Crippen LogP contribution in [0.2, 0.25) is 0 Å². The molecule has 0 unspecified atom stereocenters. The van der Waals surface area contributed by atoms with E-state index < -0.39 is 5.91 Å². The highest BCUT2D eigenvalue weighted by molar-refractivity contribution is 6.06. The molecule has 6 nitrogen and oxygen atoms in total. The Morgan fingerprint density at radius 3 is 2.21 bits per heavy atom. The van der Waals surface area contributed by atoms with Gasteiger partial charge in [-0.2, -0.15) is 0 Å². The molecule has 0 spiro atoms. The van der Waals surface area contributed by atoms with Crippen LogP contribution in [-0.2, 0) is 15.6 Å². The number of anilines is 1. The van der Waals surface area contributed by atoms with Crippen LogP contribution in [0.4, 0.5) is 5.69 Å². The highest BCUT2D eigenvalue weighted by Gasteiger charge is 2.28. The molecule has 2 aromatic carbocycles. The molecule has 2 N–H and O–H groups in total. The normalized spacial score (nSPS) is 12.0. The van der Waals surface area contributed by atoms with E-state index in [9.17, 15) is 14.4 Å². The molecule has 1 heterocycles. The number of hydrogen-bond donors (Lipinski definition) is 2. The lowest BCUT2D eigenvalue weighted by atomic mass is 9.79. The van der Waals surface area contributed by atoms with Crippen LogP contribution in [0.25, 0.3) is 10.9 Å². The van der Waals surface area contributed by atoms with Crippen LogP contribution in [0.1, 0.15) is 76.4 Å². The van der Waals surface area contributed by atoms with Crippen LogP contribution in [0.5, 0.6) is 5.75 Å². The van der Waals surface area contributed by atoms with Crippen molar-refractivity contribution in [2.75, 3.05) is 5.32 Å². The monoisotopic (exact) mass is 448 g/mol. The molecule has 0 saturated heterocycles. The predicted octanol–water partition coefficient (Wildman–Crippen LogP) is 5.69. The molecule has 0 aliphatic rings. The number of benzene rings is 2. The first-order valence-corrected chi connectivity index (χ1v) is 11.1. The van der Waals surface area contributed by atoms with E-state index in [4.69, 9.17) is 4.74 Å². The van der Waals surface area contributed by atoms with E-state index in [1.54, 1.807) is 31.2 Å². The Morgan fingerprint density at radius 2 is 1.61 bits per heavy atom. The highest BCUT2D eigenvalue weighted by atomic mass is 16.5. The fourth-order valence-electron chi connectivity index (χ4n) is 3.69. The van der Waals surface area contributed by atoms with Crippen molar-refractivity contribution in [1.82, 2.24) is 4.98 Å². The molecule has 0 aliphatic carbocycles. The summed E-state index contributed by atoms with van der Waals surface area (Å²) < 4.78 is 5.64. The zero-order valence-electron chi connectivity index (χ0n) is 20.4. The van der Waals surface area contributed by atoms with Gasteiger partial charge < -0.3 is 15.0 Å². The molecule has 0 radical (unpaired) electrons. The molecule has 3 rings (SSSR count). The van der Waals surface area contributed by atoms with Crippen molar-refractivity contribution in [2.24, 2.45) is 0 Å². The number of carbonyl (C=O) groups is 2. The summed E-state index contributed by atoms with van der Waals surface area (Å²) in [5.74, 6) is -0.471. The van der Waals surface area contributed by atoms with Gasteiger partial charge in [0.2, 0.25) is 5.43 Å². The van der Waals surface area contributed by atoms with E-state index in [0.29, 0.717) is 22.3 Å². The summed E-state index contributed by atoms with van der Waals surface area (Å²) in [5.41, 5.74) is 1.99. The number of aromatic nitrogens is 1. The first-order valence-electron chi connectivity index (χ1n) is 11.1. The second kappa shape index (κ2) is 8.85. The molecule has 174 valence electrons. The summed E-state index contributed by atoms with van der Waals surface area (Å²) in [6.07, 6.45) is 1.66. The SMILES string of the molecule is CCC(=O)Oc1cc(NC(=O)c2c[nH]c3ccccc3c2=O)c(C(C)(C)C)cc1C(C)(C)C. The fourth-order valence-corrected chi connectivity index (χ4v) is 3.69. The third-order valence-electron chi connectivity index (χ3n) is 5.53. The Bertz CT molecular complexity index is 1270. The van der Waals surface area contributed by atoms with Crippen molar-refractivity contribution in [3.63, 3.8) is 0 Å². The van der Waals surface area contributed by atoms with E-state index in [0.717, 1.165) is 11.1 Å². The van der Waals surface area contributed by atoms with Gasteiger partial charge in [0.25, 0.3) is 5.91 Å². The minimum absolute atomic E-state index is 0.0144. The number of aromatic amines is 1. The van der Waals surface area contributed by atoms with Crippen LogP contribution in [0, 0.1) is 0 Å². The van der Waals surface area contributed by atoms with Gasteiger partial charge in [0.1, 0.15) is 11.3 Å². The topological polar surface area (TPSA) is 88.3 Å². The maximum absolute atomic E-state index is 13.2. The average Bonchev–Trinajstić information content (AvgIpc) is 2.72. The molecule has 33 heavy (non-hydrogen) atoms. The third-order valence-corrected chi connectivity index (χ3v) is 5.53. The van der Waals surface area contributed by atoms with Crippen molar-refractivity contribution in [1.29, 1.82) is 0 Å². The molecule has 1 aromatic heterocycles. The molecule has 0 saturated carbocycles. The fraction of sp³-hybridized carbons (Fsp3) is 0.370. The van der Waals surface area contributed by atoms with E-state index in [1.165, 1.54) is 6.20 Å². The summed E-state index contributed by atoms with van der Waals surface area (Å²) in [6, 6.07) is 10.7. The van der Waals surface area contributed by atoms with Crippen molar-refractivity contribution in [2.45, 2.75) is 65.7 Å². The minimum atomic E-state index is -0.524. The van der Waals surface area contributed by atoms with Gasteiger partial charge in [0, 0.05) is 40.8 Å². The number of nitrogens with one attached hydrogen (secondary N) is 2. The van der Waals surface area contributed by atoms with E-state index in [1.807, 2.05) is 53.7 Å². The molecule has 0 aliphatic heterocycles. The number of amides is 1. The second-order valence-corrected chi connectivity index (χ2v) is 10.3. The van der Waals surface area contributed by atoms with Gasteiger partial charge in [-0.15, -0.1) is 0 Å². The van der Waals surface area contributed by atoms with Gasteiger partial charge in [0.15, 0.2) is 0 Å². The minimum Gasteiger partial charge on any atom is -0.426 e. The highest BCUT2D eigenvalue weighted by Crippen LogP contribution is 2.40. The standard InChI is InChI=1S/C27H32N2O4/c1-8-23(30)33-22-14-21(18(26(2,3)4)13-19(22)27(5,6)7)29-25(32)17-15-28-20-12-10-9-11-16(20)24(17)31/h9-15H,8H2,1-7H3,(H,28,31)(H,29,32). The van der Waals surface area contributed by atoms with Gasteiger partial charge in [0.05, 0.1) is 0 Å². The molecule has 0 bridgehead atoms. The number of hydrogen-bond acceptors (Lipinski definition) is 4. The maximum atomic E-state index is 13.2. The summed E-state index contributed by atoms with van der Waals surface area (Å²) in [4.78, 5) is 41.2. The van der Waals surface area contributed by atoms with Crippen LogP contribution < -0.4 is 15.5 Å². The summed E-state index contributed by atoms with van der Waals surface area (Å²) in [7, 11) is 0. The first-order chi connectivity index (χ1) is 15.3. The average molecular weight is 449 g/mol. The number of fused-ring (bicyclic) bond motifs is 1. The lowest BCUT2D eigenvalue weighted by Gasteiger charge is -2.29. The largest absolute Gasteiger partial charge is 0.426 e. The summed E-state index contributed by atoms with van der Waals surface area (Å²) in [6.45, 7) is 14.0. The van der Waals surface area contributed by atoms with Gasteiger partial charge in [-0.1, -0.05) is 60.6 Å². The quantitative estimate of drug-likeness (QED) is 0.396. The summed E-state index contributed by atoms with van der Waals surface area (Å²) >= 11 is 0. The van der Waals surface area contributed by atoms with Crippen molar-refractivity contribution >= 4 is 28.5 Å². The van der Waals surface area contributed by atoms with Crippen LogP contribution >= 0.6 is 0 Å². The van der Waals surface area contributed by atoms with Crippen LogP contribution in [0.3, 0.4) is 0 Å². The molecule has 3 aromatic rings. The zero-order valence-corrected chi connectivity index (χ0v) is 20.4. The smallest absolute Gasteiger partial charge is 0.310 e. The maximum Gasteiger partial charge on any atom is 0.310 e. The van der Waals surface area contributed by atoms with E-state index in [2.05, 4.69) is 10.3 Å². The van der Waals surface area contributed by atoms with Crippen molar-refractivity contribution < 1.29 is 14.3 Å². The number of ether oxygens (including phenoxy) is 1. The lowest BCUT2D eigenvalue weighted by molar-refractivity contribution is -0.134. The Kier molecular flexibility index (Phi) is 6.50. The number of H-pyrrole nitrogens is 1. The number of rotatable bonds is 4. The molecular weight excluding hydrogens is 416 g/mol. The number of para-hydroxylation sites is 1. The van der Waals surface area contributed by atoms with Gasteiger partial charge in [-0.25, -0.2) is 0 Å². The Hall–Kier alpha value is -3.41. The number of esters is 1. The van der Waals surface area contributed by atoms with Crippen molar-refractivity contribution in [3.8, 4) is 5.75 Å². The molecule has 6 heteroatoms. The molecule has 1 amide bonds. The van der Waals surface area contributed by atoms with E-state index >= 15 is 0 Å². The first kappa shape index (κ1) is 24.2. The van der Waals surface area contributed by atoms with Crippen LogP contribution in [-0.4, -0.2) is 16.9 Å². The number of carbonyl (C=O) groups excluding carboxylic acids is 2. The van der Waals surface area contributed by atoms with Gasteiger partial charge in [-0.3, -0.25) is 14.4 Å². The Morgan fingerprint density at radius 1 is 0.970 bits per heavy atom. The molecule has 0 atom stereocenters. The van der Waals surface area contributed by atoms with E-state index in [-0.39, 0.29) is 34.2 Å². The third kappa shape index (κ3) is 5.16. The van der Waals surface area contributed by atoms with Gasteiger partial charge in [-0.05, 0) is 34.6 Å². The van der Waals surface area contributed by atoms with Crippen LogP contribution in [0.15, 0.2) is 47.4 Å².